The lowest BCUT2D eigenvalue weighted by atomic mass is 10.1. The topological polar surface area (TPSA) is 32.7 Å². The summed E-state index contributed by atoms with van der Waals surface area (Å²) < 4.78 is 5.67. The third-order valence-corrected chi connectivity index (χ3v) is 4.32. The maximum absolute atomic E-state index is 10.3. The summed E-state index contributed by atoms with van der Waals surface area (Å²) in [7, 11) is 0. The van der Waals surface area contributed by atoms with Crippen molar-refractivity contribution < 1.29 is 9.84 Å². The maximum atomic E-state index is 10.3. The Hall–Kier alpha value is -1.68. The van der Waals surface area contributed by atoms with Crippen LogP contribution in [0.4, 0.5) is 0 Å². The standard InChI is InChI=1S/C22H31NO2/c1-4-12-23(14-21-11-10-18(2)13-19(21)3)15-22(24)17-25-16-20-8-6-5-7-9-20/h5-11,13,22,24H,4,12,14-17H2,1-3H3/t22-/m1/s1. The van der Waals surface area contributed by atoms with E-state index in [1.807, 2.05) is 30.3 Å². The van der Waals surface area contributed by atoms with Crippen molar-refractivity contribution in [3.8, 4) is 0 Å². The van der Waals surface area contributed by atoms with Crippen molar-refractivity contribution >= 4 is 0 Å². The van der Waals surface area contributed by atoms with Gasteiger partial charge in [0.2, 0.25) is 0 Å². The first kappa shape index (κ1) is 19.6. The van der Waals surface area contributed by atoms with E-state index in [2.05, 4.69) is 43.9 Å². The minimum Gasteiger partial charge on any atom is -0.389 e. The third kappa shape index (κ3) is 6.99. The Morgan fingerprint density at radius 2 is 1.84 bits per heavy atom. The number of hydrogen-bond acceptors (Lipinski definition) is 3. The van der Waals surface area contributed by atoms with Crippen LogP contribution in [0.15, 0.2) is 48.5 Å². The number of benzene rings is 2. The zero-order chi connectivity index (χ0) is 18.1. The first-order chi connectivity index (χ1) is 12.1. The molecule has 2 rings (SSSR count). The second-order valence-corrected chi connectivity index (χ2v) is 6.82. The third-order valence-electron chi connectivity index (χ3n) is 4.32. The van der Waals surface area contributed by atoms with Gasteiger partial charge in [-0.25, -0.2) is 0 Å². The Morgan fingerprint density at radius 3 is 2.52 bits per heavy atom. The summed E-state index contributed by atoms with van der Waals surface area (Å²) in [6, 6.07) is 16.7. The number of nitrogens with zero attached hydrogens (tertiary/aromatic N) is 1. The number of aliphatic hydroxyl groups excluding tert-OH is 1. The largest absolute Gasteiger partial charge is 0.389 e. The van der Waals surface area contributed by atoms with E-state index in [-0.39, 0.29) is 0 Å². The number of aliphatic hydroxyl groups is 1. The molecule has 0 aliphatic carbocycles. The van der Waals surface area contributed by atoms with E-state index in [9.17, 15) is 5.11 Å². The van der Waals surface area contributed by atoms with Gasteiger partial charge in [-0.3, -0.25) is 4.90 Å². The van der Waals surface area contributed by atoms with Crippen LogP contribution in [0.3, 0.4) is 0 Å². The van der Waals surface area contributed by atoms with Gasteiger partial charge in [-0.2, -0.15) is 0 Å². The molecular weight excluding hydrogens is 310 g/mol. The van der Waals surface area contributed by atoms with Crippen LogP contribution in [0, 0.1) is 13.8 Å². The Morgan fingerprint density at radius 1 is 1.08 bits per heavy atom. The summed E-state index contributed by atoms with van der Waals surface area (Å²) >= 11 is 0. The summed E-state index contributed by atoms with van der Waals surface area (Å²) in [4.78, 5) is 2.31. The molecule has 0 unspecified atom stereocenters. The van der Waals surface area contributed by atoms with Crippen LogP contribution in [0.5, 0.6) is 0 Å². The van der Waals surface area contributed by atoms with Crippen LogP contribution in [-0.2, 0) is 17.9 Å². The van der Waals surface area contributed by atoms with Crippen LogP contribution in [0.1, 0.15) is 35.6 Å². The number of ether oxygens (including phenoxy) is 1. The van der Waals surface area contributed by atoms with Crippen LogP contribution >= 0.6 is 0 Å². The molecule has 0 aliphatic heterocycles. The van der Waals surface area contributed by atoms with Crippen molar-refractivity contribution in [2.75, 3.05) is 19.7 Å². The second-order valence-electron chi connectivity index (χ2n) is 6.82. The first-order valence-electron chi connectivity index (χ1n) is 9.16. The van der Waals surface area contributed by atoms with E-state index in [1.54, 1.807) is 0 Å². The maximum Gasteiger partial charge on any atom is 0.0900 e. The zero-order valence-electron chi connectivity index (χ0n) is 15.7. The molecule has 0 aliphatic rings. The van der Waals surface area contributed by atoms with Gasteiger partial charge in [0.05, 0.1) is 19.3 Å². The average Bonchev–Trinajstić information content (AvgIpc) is 2.58. The minimum atomic E-state index is -0.471. The lowest BCUT2D eigenvalue weighted by molar-refractivity contribution is 0.00854. The van der Waals surface area contributed by atoms with Crippen molar-refractivity contribution in [3.63, 3.8) is 0 Å². The highest BCUT2D eigenvalue weighted by molar-refractivity contribution is 5.30. The lowest BCUT2D eigenvalue weighted by Crippen LogP contribution is -2.35. The predicted molar refractivity (Wildman–Crippen MR) is 104 cm³/mol. The van der Waals surface area contributed by atoms with E-state index < -0.39 is 6.10 Å². The minimum absolute atomic E-state index is 0.363. The molecule has 0 amide bonds. The molecule has 0 spiro atoms. The van der Waals surface area contributed by atoms with Gasteiger partial charge in [-0.05, 0) is 43.5 Å². The molecule has 136 valence electrons. The van der Waals surface area contributed by atoms with Gasteiger partial charge in [0.25, 0.3) is 0 Å². The first-order valence-corrected chi connectivity index (χ1v) is 9.16. The normalized spacial score (nSPS) is 12.5. The molecule has 0 aromatic heterocycles. The Balaban J connectivity index is 1.82. The van der Waals surface area contributed by atoms with Gasteiger partial charge in [0.15, 0.2) is 0 Å². The van der Waals surface area contributed by atoms with Crippen molar-refractivity contribution in [3.05, 3.63) is 70.8 Å². The molecule has 3 heteroatoms. The Bertz CT molecular complexity index is 627. The summed E-state index contributed by atoms with van der Waals surface area (Å²) in [5.74, 6) is 0. The fraction of sp³-hybridized carbons (Fsp3) is 0.455. The van der Waals surface area contributed by atoms with Crippen LogP contribution in [0.25, 0.3) is 0 Å². The van der Waals surface area contributed by atoms with E-state index in [0.29, 0.717) is 19.8 Å². The van der Waals surface area contributed by atoms with E-state index >= 15 is 0 Å². The van der Waals surface area contributed by atoms with Crippen LogP contribution in [0.2, 0.25) is 0 Å². The number of rotatable bonds is 10. The molecule has 0 heterocycles. The highest BCUT2D eigenvalue weighted by Gasteiger charge is 2.13. The predicted octanol–water partition coefficient (Wildman–Crippen LogP) is 4.09. The molecule has 0 fully saturated rings. The quantitative estimate of drug-likeness (QED) is 0.706. The smallest absolute Gasteiger partial charge is 0.0900 e. The molecule has 0 bridgehead atoms. The van der Waals surface area contributed by atoms with E-state index in [0.717, 1.165) is 25.1 Å². The lowest BCUT2D eigenvalue weighted by Gasteiger charge is -2.25. The molecule has 25 heavy (non-hydrogen) atoms. The number of hydrogen-bond donors (Lipinski definition) is 1. The summed E-state index contributed by atoms with van der Waals surface area (Å²) in [5, 5.41) is 10.3. The Kier molecular flexibility index (Phi) is 8.13. The summed E-state index contributed by atoms with van der Waals surface area (Å²) in [6.07, 6.45) is 0.601. The highest BCUT2D eigenvalue weighted by atomic mass is 16.5. The van der Waals surface area contributed by atoms with Gasteiger partial charge in [-0.1, -0.05) is 61.0 Å². The van der Waals surface area contributed by atoms with E-state index in [4.69, 9.17) is 4.74 Å². The van der Waals surface area contributed by atoms with Crippen molar-refractivity contribution in [1.29, 1.82) is 0 Å². The van der Waals surface area contributed by atoms with Gasteiger partial charge in [0.1, 0.15) is 0 Å². The van der Waals surface area contributed by atoms with Gasteiger partial charge in [0, 0.05) is 13.1 Å². The number of aryl methyl sites for hydroxylation is 2. The second kappa shape index (κ2) is 10.3. The average molecular weight is 341 g/mol. The van der Waals surface area contributed by atoms with Gasteiger partial charge < -0.3 is 9.84 Å². The Labute approximate surface area is 152 Å². The fourth-order valence-corrected chi connectivity index (χ4v) is 3.05. The van der Waals surface area contributed by atoms with Gasteiger partial charge >= 0.3 is 0 Å². The zero-order valence-corrected chi connectivity index (χ0v) is 15.7. The van der Waals surface area contributed by atoms with Crippen molar-refractivity contribution in [1.82, 2.24) is 4.90 Å². The van der Waals surface area contributed by atoms with Crippen LogP contribution < -0.4 is 0 Å². The molecule has 0 saturated carbocycles. The van der Waals surface area contributed by atoms with Crippen molar-refractivity contribution in [2.24, 2.45) is 0 Å². The summed E-state index contributed by atoms with van der Waals surface area (Å²) in [5.41, 5.74) is 5.07. The molecule has 2 aromatic rings. The molecule has 1 atom stereocenters. The highest BCUT2D eigenvalue weighted by Crippen LogP contribution is 2.14. The van der Waals surface area contributed by atoms with Gasteiger partial charge in [-0.15, -0.1) is 0 Å². The fourth-order valence-electron chi connectivity index (χ4n) is 3.05. The molecule has 1 N–H and O–H groups in total. The molecule has 2 aromatic carbocycles. The summed E-state index contributed by atoms with van der Waals surface area (Å²) in [6.45, 7) is 9.84. The van der Waals surface area contributed by atoms with Crippen LogP contribution in [-0.4, -0.2) is 35.8 Å². The molecule has 3 nitrogen and oxygen atoms in total. The SMILES string of the molecule is CCCN(Cc1ccc(C)cc1C)C[C@@H](O)COCc1ccccc1. The van der Waals surface area contributed by atoms with Crippen molar-refractivity contribution in [2.45, 2.75) is 46.4 Å². The molecular formula is C22H31NO2. The van der Waals surface area contributed by atoms with E-state index in [1.165, 1.54) is 16.7 Å². The molecule has 0 radical (unpaired) electrons. The monoisotopic (exact) mass is 341 g/mol. The molecule has 0 saturated heterocycles.